The summed E-state index contributed by atoms with van der Waals surface area (Å²) in [5.74, 6) is 0.460. The second kappa shape index (κ2) is 6.08. The van der Waals surface area contributed by atoms with Crippen LogP contribution in [0.5, 0.6) is 0 Å². The monoisotopic (exact) mass is 268 g/mol. The summed E-state index contributed by atoms with van der Waals surface area (Å²) in [6, 6.07) is 0.700. The molecule has 2 atom stereocenters. The predicted octanol–water partition coefficient (Wildman–Crippen LogP) is 1.73. The van der Waals surface area contributed by atoms with Gasteiger partial charge in [0.25, 0.3) is 0 Å². The summed E-state index contributed by atoms with van der Waals surface area (Å²) in [6.07, 6.45) is 8.82. The van der Waals surface area contributed by atoms with Crippen molar-refractivity contribution in [1.29, 1.82) is 0 Å². The number of nitrogens with zero attached hydrogens (tertiary/aromatic N) is 1. The van der Waals surface area contributed by atoms with Gasteiger partial charge in [-0.15, -0.1) is 0 Å². The van der Waals surface area contributed by atoms with E-state index in [1.165, 1.54) is 32.1 Å². The van der Waals surface area contributed by atoms with Crippen molar-refractivity contribution in [3.63, 3.8) is 0 Å². The minimum atomic E-state index is -0.237. The Labute approximate surface area is 116 Å². The van der Waals surface area contributed by atoms with Crippen molar-refractivity contribution in [2.45, 2.75) is 56.8 Å². The average Bonchev–Trinajstić information content (AvgIpc) is 2.76. The van der Waals surface area contributed by atoms with Crippen molar-refractivity contribution < 1.29 is 9.47 Å². The van der Waals surface area contributed by atoms with E-state index in [4.69, 9.17) is 15.2 Å². The van der Waals surface area contributed by atoms with Crippen molar-refractivity contribution in [3.05, 3.63) is 0 Å². The second-order valence-corrected chi connectivity index (χ2v) is 6.34. The lowest BCUT2D eigenvalue weighted by Crippen LogP contribution is -2.51. The van der Waals surface area contributed by atoms with Crippen LogP contribution in [0, 0.1) is 5.92 Å². The Hall–Kier alpha value is -0.160. The third-order valence-corrected chi connectivity index (χ3v) is 5.26. The van der Waals surface area contributed by atoms with Gasteiger partial charge in [0, 0.05) is 32.0 Å². The van der Waals surface area contributed by atoms with Gasteiger partial charge in [-0.25, -0.2) is 0 Å². The summed E-state index contributed by atoms with van der Waals surface area (Å²) >= 11 is 0. The first kappa shape index (κ1) is 13.8. The largest absolute Gasteiger partial charge is 0.347 e. The molecule has 0 bridgehead atoms. The number of likely N-dealkylation sites (tertiary alicyclic amines) is 1. The first-order valence-corrected chi connectivity index (χ1v) is 8.05. The van der Waals surface area contributed by atoms with E-state index in [9.17, 15) is 0 Å². The summed E-state index contributed by atoms with van der Waals surface area (Å²) in [6.45, 7) is 4.62. The zero-order chi connectivity index (χ0) is 13.1. The number of hydrogen-bond donors (Lipinski definition) is 1. The molecule has 2 N–H and O–H groups in total. The van der Waals surface area contributed by atoms with Crippen LogP contribution in [0.2, 0.25) is 0 Å². The maximum absolute atomic E-state index is 6.01. The molecule has 0 radical (unpaired) electrons. The highest BCUT2D eigenvalue weighted by Gasteiger charge is 2.42. The van der Waals surface area contributed by atoms with Gasteiger partial charge in [0.05, 0.1) is 13.2 Å². The van der Waals surface area contributed by atoms with E-state index in [2.05, 4.69) is 4.90 Å². The van der Waals surface area contributed by atoms with Crippen LogP contribution in [0.15, 0.2) is 0 Å². The first-order chi connectivity index (χ1) is 9.33. The van der Waals surface area contributed by atoms with Crippen molar-refractivity contribution in [2.24, 2.45) is 11.7 Å². The van der Waals surface area contributed by atoms with E-state index < -0.39 is 0 Å². The van der Waals surface area contributed by atoms with Gasteiger partial charge < -0.3 is 15.2 Å². The fourth-order valence-electron chi connectivity index (χ4n) is 4.10. The van der Waals surface area contributed by atoms with Gasteiger partial charge in [-0.3, -0.25) is 4.90 Å². The molecule has 3 fully saturated rings. The van der Waals surface area contributed by atoms with E-state index in [0.29, 0.717) is 12.0 Å². The SMILES string of the molecule is NCC1CCCCCC1N1CCC2(CC1)OCCO2. The molecule has 110 valence electrons. The van der Waals surface area contributed by atoms with Crippen molar-refractivity contribution in [2.75, 3.05) is 32.8 Å². The standard InChI is InChI=1S/C15H28N2O2/c16-12-13-4-2-1-3-5-14(13)17-8-6-15(7-9-17)18-10-11-19-15/h13-14H,1-12,16H2. The Bertz CT molecular complexity index is 282. The third-order valence-electron chi connectivity index (χ3n) is 5.26. The summed E-state index contributed by atoms with van der Waals surface area (Å²) in [4.78, 5) is 2.67. The van der Waals surface area contributed by atoms with E-state index >= 15 is 0 Å². The zero-order valence-electron chi connectivity index (χ0n) is 12.0. The summed E-state index contributed by atoms with van der Waals surface area (Å²) in [5.41, 5.74) is 6.01. The molecule has 1 saturated carbocycles. The van der Waals surface area contributed by atoms with E-state index in [-0.39, 0.29) is 5.79 Å². The van der Waals surface area contributed by atoms with Crippen LogP contribution >= 0.6 is 0 Å². The molecular weight excluding hydrogens is 240 g/mol. The molecule has 2 aliphatic heterocycles. The van der Waals surface area contributed by atoms with Gasteiger partial charge >= 0.3 is 0 Å². The maximum Gasteiger partial charge on any atom is 0.170 e. The first-order valence-electron chi connectivity index (χ1n) is 8.05. The molecule has 2 unspecified atom stereocenters. The summed E-state index contributed by atoms with van der Waals surface area (Å²) in [7, 11) is 0. The van der Waals surface area contributed by atoms with Crippen molar-refractivity contribution in [3.8, 4) is 0 Å². The van der Waals surface area contributed by atoms with E-state index in [1.807, 2.05) is 0 Å². The molecule has 3 rings (SSSR count). The smallest absolute Gasteiger partial charge is 0.170 e. The molecule has 4 nitrogen and oxygen atoms in total. The Kier molecular flexibility index (Phi) is 4.42. The van der Waals surface area contributed by atoms with Gasteiger partial charge in [0.2, 0.25) is 0 Å². The molecule has 0 aromatic carbocycles. The average molecular weight is 268 g/mol. The van der Waals surface area contributed by atoms with Crippen LogP contribution in [0.4, 0.5) is 0 Å². The third kappa shape index (κ3) is 2.97. The molecule has 2 heterocycles. The van der Waals surface area contributed by atoms with Gasteiger partial charge in [0.1, 0.15) is 0 Å². The number of hydrogen-bond acceptors (Lipinski definition) is 4. The number of piperidine rings is 1. The number of rotatable bonds is 2. The molecule has 1 spiro atoms. The lowest BCUT2D eigenvalue weighted by Gasteiger charge is -2.43. The quantitative estimate of drug-likeness (QED) is 0.775. The normalized spacial score (nSPS) is 36.5. The summed E-state index contributed by atoms with van der Waals surface area (Å²) in [5, 5.41) is 0. The summed E-state index contributed by atoms with van der Waals surface area (Å²) < 4.78 is 11.6. The second-order valence-electron chi connectivity index (χ2n) is 6.34. The van der Waals surface area contributed by atoms with E-state index in [0.717, 1.165) is 45.7 Å². The van der Waals surface area contributed by atoms with Gasteiger partial charge in [-0.2, -0.15) is 0 Å². The van der Waals surface area contributed by atoms with Crippen LogP contribution in [0.25, 0.3) is 0 Å². The highest BCUT2D eigenvalue weighted by atomic mass is 16.7. The lowest BCUT2D eigenvalue weighted by molar-refractivity contribution is -0.189. The van der Waals surface area contributed by atoms with Gasteiger partial charge in [-0.05, 0) is 25.3 Å². The zero-order valence-corrected chi connectivity index (χ0v) is 12.0. The lowest BCUT2D eigenvalue weighted by atomic mass is 9.91. The molecule has 0 aromatic heterocycles. The van der Waals surface area contributed by atoms with Crippen LogP contribution < -0.4 is 5.73 Å². The van der Waals surface area contributed by atoms with E-state index in [1.54, 1.807) is 0 Å². The Morgan fingerprint density at radius 3 is 2.37 bits per heavy atom. The molecule has 2 saturated heterocycles. The number of ether oxygens (including phenoxy) is 2. The Morgan fingerprint density at radius 2 is 1.68 bits per heavy atom. The predicted molar refractivity (Wildman–Crippen MR) is 74.9 cm³/mol. The van der Waals surface area contributed by atoms with Crippen molar-refractivity contribution in [1.82, 2.24) is 4.90 Å². The van der Waals surface area contributed by atoms with Crippen LogP contribution in [0.3, 0.4) is 0 Å². The molecule has 3 aliphatic rings. The minimum Gasteiger partial charge on any atom is -0.347 e. The fraction of sp³-hybridized carbons (Fsp3) is 1.00. The Balaban J connectivity index is 1.59. The minimum absolute atomic E-state index is 0.237. The molecule has 0 amide bonds. The topological polar surface area (TPSA) is 47.7 Å². The van der Waals surface area contributed by atoms with Crippen LogP contribution in [-0.2, 0) is 9.47 Å². The van der Waals surface area contributed by atoms with Crippen molar-refractivity contribution >= 4 is 0 Å². The Morgan fingerprint density at radius 1 is 1.00 bits per heavy atom. The highest BCUT2D eigenvalue weighted by Crippen LogP contribution is 2.35. The maximum atomic E-state index is 6.01. The molecule has 1 aliphatic carbocycles. The molecule has 19 heavy (non-hydrogen) atoms. The van der Waals surface area contributed by atoms with Crippen LogP contribution in [-0.4, -0.2) is 49.6 Å². The molecule has 4 heteroatoms. The number of nitrogens with two attached hydrogens (primary N) is 1. The molecular formula is C15H28N2O2. The highest BCUT2D eigenvalue weighted by molar-refractivity contribution is 4.89. The fourth-order valence-corrected chi connectivity index (χ4v) is 4.10. The van der Waals surface area contributed by atoms with Gasteiger partial charge in [0.15, 0.2) is 5.79 Å². The van der Waals surface area contributed by atoms with Crippen LogP contribution in [0.1, 0.15) is 44.9 Å². The molecule has 0 aromatic rings. The van der Waals surface area contributed by atoms with Gasteiger partial charge in [-0.1, -0.05) is 19.3 Å².